The number of aromatic hydroxyl groups is 1. The molecular weight excluding hydrogens is 472 g/mol. The number of likely N-dealkylation sites (tertiary alicyclic amines) is 1. The zero-order valence-corrected chi connectivity index (χ0v) is 20.2. The number of phenolic OH excluding ortho intramolecular Hbond substituents is 1. The number of amides is 1. The summed E-state index contributed by atoms with van der Waals surface area (Å²) in [5.41, 5.74) is 0.925. The predicted octanol–water partition coefficient (Wildman–Crippen LogP) is 2.27. The maximum absolute atomic E-state index is 14.0. The normalized spacial score (nSPS) is 33.8. The molecule has 2 bridgehead atoms. The van der Waals surface area contributed by atoms with E-state index in [2.05, 4.69) is 20.4 Å². The first-order chi connectivity index (χ1) is 17.9. The van der Waals surface area contributed by atoms with Gasteiger partial charge >= 0.3 is 0 Å². The lowest BCUT2D eigenvalue weighted by Crippen LogP contribution is -2.78. The van der Waals surface area contributed by atoms with E-state index in [9.17, 15) is 19.8 Å². The van der Waals surface area contributed by atoms with Crippen molar-refractivity contribution >= 4 is 28.3 Å². The van der Waals surface area contributed by atoms with Crippen LogP contribution in [0.3, 0.4) is 0 Å². The Kier molecular flexibility index (Phi) is 4.16. The lowest BCUT2D eigenvalue weighted by atomic mass is 9.47. The number of H-pyrrole nitrogens is 1. The van der Waals surface area contributed by atoms with Crippen molar-refractivity contribution in [2.24, 2.45) is 11.8 Å². The van der Waals surface area contributed by atoms with Crippen LogP contribution in [-0.4, -0.2) is 67.8 Å². The Morgan fingerprint density at radius 3 is 2.97 bits per heavy atom. The Morgan fingerprint density at radius 2 is 2.14 bits per heavy atom. The van der Waals surface area contributed by atoms with Gasteiger partial charge in [0, 0.05) is 29.2 Å². The summed E-state index contributed by atoms with van der Waals surface area (Å²) < 4.78 is 6.22. The number of ketones is 1. The van der Waals surface area contributed by atoms with Crippen LogP contribution in [0.25, 0.3) is 10.9 Å². The first kappa shape index (κ1) is 21.6. The summed E-state index contributed by atoms with van der Waals surface area (Å²) in [6.45, 7) is 1.68. The SMILES string of the molecule is O=C(Nc1ccc2[nH]ncc2c1)C1C[C@@]2(O)[C@H]3Cc4ccc(O)c5c4[C@@]2(CCN3CC2CC2)[C@@H](O5)C1=O. The minimum absolute atomic E-state index is 0.0223. The first-order valence-corrected chi connectivity index (χ1v) is 13.2. The number of ether oxygens (including phenoxy) is 1. The maximum Gasteiger partial charge on any atom is 0.235 e. The van der Waals surface area contributed by atoms with Gasteiger partial charge in [0.2, 0.25) is 5.91 Å². The van der Waals surface area contributed by atoms with Crippen molar-refractivity contribution in [2.45, 2.75) is 55.3 Å². The van der Waals surface area contributed by atoms with Gasteiger partial charge in [-0.3, -0.25) is 19.6 Å². The van der Waals surface area contributed by atoms with Crippen LogP contribution in [-0.2, 0) is 21.4 Å². The number of carbonyl (C=O) groups excluding carboxylic acids is 2. The van der Waals surface area contributed by atoms with E-state index >= 15 is 0 Å². The molecular formula is C28H28N4O5. The Labute approximate surface area is 212 Å². The smallest absolute Gasteiger partial charge is 0.235 e. The molecule has 1 unspecified atom stereocenters. The number of anilines is 1. The number of aliphatic hydroxyl groups is 1. The Hall–Kier alpha value is -3.43. The molecule has 37 heavy (non-hydrogen) atoms. The number of phenols is 1. The number of aromatic amines is 1. The summed E-state index contributed by atoms with van der Waals surface area (Å²) in [5, 5.41) is 34.0. The molecule has 3 fully saturated rings. The van der Waals surface area contributed by atoms with Gasteiger partial charge in [-0.05, 0) is 74.4 Å². The maximum atomic E-state index is 14.0. The summed E-state index contributed by atoms with van der Waals surface area (Å²) in [7, 11) is 0. The first-order valence-electron chi connectivity index (χ1n) is 13.2. The van der Waals surface area contributed by atoms with E-state index in [0.29, 0.717) is 30.2 Å². The number of piperidine rings is 1. The summed E-state index contributed by atoms with van der Waals surface area (Å²) >= 11 is 0. The van der Waals surface area contributed by atoms with E-state index in [-0.39, 0.29) is 24.0 Å². The quantitative estimate of drug-likeness (QED) is 0.405. The van der Waals surface area contributed by atoms with E-state index in [1.54, 1.807) is 24.4 Å². The molecule has 4 N–H and O–H groups in total. The van der Waals surface area contributed by atoms with Gasteiger partial charge in [-0.2, -0.15) is 5.10 Å². The molecule has 3 heterocycles. The Bertz CT molecular complexity index is 1500. The second-order valence-electron chi connectivity index (χ2n) is 11.6. The fourth-order valence-electron chi connectivity index (χ4n) is 7.77. The van der Waals surface area contributed by atoms with Crippen LogP contribution in [0, 0.1) is 11.8 Å². The van der Waals surface area contributed by atoms with Crippen LogP contribution in [0.4, 0.5) is 5.69 Å². The van der Waals surface area contributed by atoms with Crippen LogP contribution >= 0.6 is 0 Å². The highest BCUT2D eigenvalue weighted by molar-refractivity contribution is 6.11. The van der Waals surface area contributed by atoms with Gasteiger partial charge in [0.05, 0.1) is 22.7 Å². The summed E-state index contributed by atoms with van der Waals surface area (Å²) in [6.07, 6.45) is 4.27. The van der Waals surface area contributed by atoms with Crippen molar-refractivity contribution in [1.82, 2.24) is 15.1 Å². The Morgan fingerprint density at radius 1 is 1.27 bits per heavy atom. The molecule has 3 aromatic rings. The zero-order valence-electron chi connectivity index (χ0n) is 20.2. The van der Waals surface area contributed by atoms with Gasteiger partial charge < -0.3 is 20.3 Å². The summed E-state index contributed by atoms with van der Waals surface area (Å²) in [5.74, 6) is -0.917. The molecule has 0 radical (unpaired) electrons. The molecule has 2 aromatic carbocycles. The summed E-state index contributed by atoms with van der Waals surface area (Å²) in [4.78, 5) is 30.0. The molecule has 1 amide bonds. The molecule has 9 nitrogen and oxygen atoms in total. The van der Waals surface area contributed by atoms with Crippen molar-refractivity contribution < 1.29 is 24.5 Å². The molecule has 2 aliphatic heterocycles. The van der Waals surface area contributed by atoms with E-state index in [4.69, 9.17) is 4.74 Å². The molecule has 190 valence electrons. The molecule has 5 atom stereocenters. The van der Waals surface area contributed by atoms with Gasteiger partial charge in [0.15, 0.2) is 23.4 Å². The summed E-state index contributed by atoms with van der Waals surface area (Å²) in [6, 6.07) is 8.70. The molecule has 8 rings (SSSR count). The van der Waals surface area contributed by atoms with Crippen molar-refractivity contribution in [1.29, 1.82) is 0 Å². The number of rotatable bonds is 4. The second-order valence-corrected chi connectivity index (χ2v) is 11.6. The molecule has 2 saturated carbocycles. The fraction of sp³-hybridized carbons (Fsp3) is 0.464. The number of aromatic nitrogens is 2. The van der Waals surface area contributed by atoms with Crippen LogP contribution < -0.4 is 10.1 Å². The zero-order chi connectivity index (χ0) is 25.1. The number of nitrogens with one attached hydrogen (secondary N) is 2. The molecule has 9 heteroatoms. The highest BCUT2D eigenvalue weighted by atomic mass is 16.5. The number of hydrogen-bond donors (Lipinski definition) is 4. The molecule has 1 saturated heterocycles. The lowest BCUT2D eigenvalue weighted by Gasteiger charge is -2.63. The van der Waals surface area contributed by atoms with Crippen molar-refractivity contribution in [3.63, 3.8) is 0 Å². The number of carbonyl (C=O) groups is 2. The monoisotopic (exact) mass is 500 g/mol. The minimum Gasteiger partial charge on any atom is -0.504 e. The average Bonchev–Trinajstić information content (AvgIpc) is 3.43. The third kappa shape index (κ3) is 2.73. The lowest BCUT2D eigenvalue weighted by molar-refractivity contribution is -0.197. The molecule has 3 aliphatic carbocycles. The van der Waals surface area contributed by atoms with Gasteiger partial charge in [-0.15, -0.1) is 0 Å². The van der Waals surface area contributed by atoms with E-state index < -0.39 is 28.9 Å². The van der Waals surface area contributed by atoms with Crippen LogP contribution in [0.1, 0.15) is 36.8 Å². The second kappa shape index (κ2) is 7.11. The number of fused-ring (bicyclic) bond motifs is 1. The largest absolute Gasteiger partial charge is 0.504 e. The Balaban J connectivity index is 1.21. The van der Waals surface area contributed by atoms with E-state index in [0.717, 1.165) is 35.1 Å². The van der Waals surface area contributed by atoms with E-state index in [1.165, 1.54) is 12.8 Å². The number of benzene rings is 2. The third-order valence-electron chi connectivity index (χ3n) is 9.65. The highest BCUT2D eigenvalue weighted by Crippen LogP contribution is 2.65. The number of Topliss-reactive ketones (excluding diaryl/α,β-unsaturated/α-hetero) is 1. The van der Waals surface area contributed by atoms with Crippen molar-refractivity contribution in [2.75, 3.05) is 18.4 Å². The third-order valence-corrected chi connectivity index (χ3v) is 9.65. The van der Waals surface area contributed by atoms with E-state index in [1.807, 2.05) is 12.1 Å². The average molecular weight is 501 g/mol. The van der Waals surface area contributed by atoms with Crippen molar-refractivity contribution in [3.05, 3.63) is 47.7 Å². The van der Waals surface area contributed by atoms with Gasteiger partial charge in [0.1, 0.15) is 5.92 Å². The minimum atomic E-state index is -1.33. The number of hydrogen-bond acceptors (Lipinski definition) is 7. The van der Waals surface area contributed by atoms with Gasteiger partial charge in [-0.25, -0.2) is 0 Å². The molecule has 5 aliphatic rings. The molecule has 1 aromatic heterocycles. The van der Waals surface area contributed by atoms with Crippen LogP contribution in [0.15, 0.2) is 36.5 Å². The molecule has 1 spiro atoms. The fourth-order valence-corrected chi connectivity index (χ4v) is 7.77. The predicted molar refractivity (Wildman–Crippen MR) is 133 cm³/mol. The van der Waals surface area contributed by atoms with Crippen molar-refractivity contribution in [3.8, 4) is 11.5 Å². The number of nitrogens with zero attached hydrogens (tertiary/aromatic N) is 2. The standard InChI is InChI=1S/C28H28N4O5/c33-20-6-3-15-10-21-28(36)11-18(26(35)30-17-4-5-19-16(9-17)12-29-31-19)23(34)25-27(28,22(15)24(20)37-25)7-8-32(21)13-14-1-2-14/h3-6,9,12,14,18,21,25,33,36H,1-2,7-8,10-11,13H2,(H,29,31)(H,30,35)/t18?,21-,25+,27+,28-/m1/s1. The topological polar surface area (TPSA) is 128 Å². The van der Waals surface area contributed by atoms with Crippen LogP contribution in [0.2, 0.25) is 0 Å². The highest BCUT2D eigenvalue weighted by Gasteiger charge is 2.75. The van der Waals surface area contributed by atoms with Gasteiger partial charge in [0.25, 0.3) is 0 Å². The van der Waals surface area contributed by atoms with Gasteiger partial charge in [-0.1, -0.05) is 6.07 Å². The van der Waals surface area contributed by atoms with Crippen LogP contribution in [0.5, 0.6) is 11.5 Å².